The standard InChI is InChI=1S/C8H4BrClN2O/c9-6-2-1-5(3-7(6)10)8(13)12-4-11/h1-3H,(H,12,13). The molecule has 1 amide bonds. The van der Waals surface area contributed by atoms with Crippen molar-refractivity contribution in [3.63, 3.8) is 0 Å². The fourth-order valence-corrected chi connectivity index (χ4v) is 1.19. The van der Waals surface area contributed by atoms with Gasteiger partial charge in [-0.15, -0.1) is 0 Å². The Morgan fingerprint density at radius 3 is 2.85 bits per heavy atom. The lowest BCUT2D eigenvalue weighted by Crippen LogP contribution is -2.16. The van der Waals surface area contributed by atoms with Crippen molar-refractivity contribution < 1.29 is 4.79 Å². The van der Waals surface area contributed by atoms with E-state index in [1.165, 1.54) is 6.07 Å². The Labute approximate surface area is 88.4 Å². The van der Waals surface area contributed by atoms with Crippen LogP contribution in [-0.2, 0) is 0 Å². The second-order valence-corrected chi connectivity index (χ2v) is 3.46. The van der Waals surface area contributed by atoms with Crippen molar-refractivity contribution in [2.24, 2.45) is 0 Å². The first-order valence-corrected chi connectivity index (χ1v) is 4.46. The molecule has 0 saturated carbocycles. The summed E-state index contributed by atoms with van der Waals surface area (Å²) in [5.41, 5.74) is 0.356. The number of nitriles is 1. The van der Waals surface area contributed by atoms with E-state index in [0.29, 0.717) is 15.1 Å². The van der Waals surface area contributed by atoms with Crippen molar-refractivity contribution in [2.45, 2.75) is 0 Å². The van der Waals surface area contributed by atoms with Gasteiger partial charge in [-0.2, -0.15) is 5.26 Å². The molecular weight excluding hydrogens is 255 g/mol. The zero-order valence-corrected chi connectivity index (χ0v) is 8.69. The zero-order chi connectivity index (χ0) is 9.84. The lowest BCUT2D eigenvalue weighted by Gasteiger charge is -1.99. The maximum atomic E-state index is 11.1. The van der Waals surface area contributed by atoms with Crippen LogP contribution in [0, 0.1) is 11.5 Å². The van der Waals surface area contributed by atoms with Gasteiger partial charge in [-0.25, -0.2) is 0 Å². The molecule has 0 bridgehead atoms. The predicted octanol–water partition coefficient (Wildman–Crippen LogP) is 2.31. The topological polar surface area (TPSA) is 52.9 Å². The molecule has 0 heterocycles. The van der Waals surface area contributed by atoms with Crippen LogP contribution in [0.4, 0.5) is 0 Å². The minimum absolute atomic E-state index is 0.356. The lowest BCUT2D eigenvalue weighted by atomic mass is 10.2. The molecule has 0 radical (unpaired) electrons. The normalized spacial score (nSPS) is 9.00. The molecule has 0 unspecified atom stereocenters. The summed E-state index contributed by atoms with van der Waals surface area (Å²) in [4.78, 5) is 11.1. The Kier molecular flexibility index (Phi) is 3.29. The van der Waals surface area contributed by atoms with Crippen LogP contribution in [0.2, 0.25) is 5.02 Å². The molecule has 1 aromatic rings. The number of nitrogens with zero attached hydrogens (tertiary/aromatic N) is 1. The molecule has 3 nitrogen and oxygen atoms in total. The van der Waals surface area contributed by atoms with E-state index in [-0.39, 0.29) is 0 Å². The highest BCUT2D eigenvalue weighted by atomic mass is 79.9. The Bertz CT molecular complexity index is 386. The van der Waals surface area contributed by atoms with Crippen LogP contribution < -0.4 is 5.32 Å². The Balaban J connectivity index is 2.98. The summed E-state index contributed by atoms with van der Waals surface area (Å²) in [6.07, 6.45) is 1.55. The first-order chi connectivity index (χ1) is 6.15. The molecule has 5 heteroatoms. The van der Waals surface area contributed by atoms with Crippen LogP contribution in [0.25, 0.3) is 0 Å². The van der Waals surface area contributed by atoms with E-state index in [0.717, 1.165) is 0 Å². The van der Waals surface area contributed by atoms with Crippen LogP contribution in [-0.4, -0.2) is 5.91 Å². The molecule has 0 aromatic heterocycles. The summed E-state index contributed by atoms with van der Waals surface area (Å²) in [5.74, 6) is -0.461. The molecular formula is C8H4BrClN2O. The fraction of sp³-hybridized carbons (Fsp3) is 0. The number of carbonyl (C=O) groups is 1. The van der Waals surface area contributed by atoms with Gasteiger partial charge in [0, 0.05) is 10.0 Å². The summed E-state index contributed by atoms with van der Waals surface area (Å²) in [5, 5.41) is 10.6. The van der Waals surface area contributed by atoms with Gasteiger partial charge in [-0.1, -0.05) is 11.6 Å². The van der Waals surface area contributed by atoms with Gasteiger partial charge in [0.25, 0.3) is 5.91 Å². The smallest absolute Gasteiger partial charge is 0.264 e. The van der Waals surface area contributed by atoms with Gasteiger partial charge in [0.2, 0.25) is 0 Å². The van der Waals surface area contributed by atoms with Gasteiger partial charge in [-0.05, 0) is 34.1 Å². The molecule has 13 heavy (non-hydrogen) atoms. The second-order valence-electron chi connectivity index (χ2n) is 2.19. The third-order valence-electron chi connectivity index (χ3n) is 1.35. The summed E-state index contributed by atoms with van der Waals surface area (Å²) < 4.78 is 0.711. The molecule has 0 fully saturated rings. The van der Waals surface area contributed by atoms with Crippen molar-refractivity contribution in [1.82, 2.24) is 5.32 Å². The van der Waals surface area contributed by atoms with E-state index >= 15 is 0 Å². The lowest BCUT2D eigenvalue weighted by molar-refractivity contribution is 0.0973. The largest absolute Gasteiger partial charge is 0.268 e. The highest BCUT2D eigenvalue weighted by molar-refractivity contribution is 9.10. The van der Waals surface area contributed by atoms with Gasteiger partial charge in [0.05, 0.1) is 5.02 Å². The van der Waals surface area contributed by atoms with Crippen molar-refractivity contribution in [3.8, 4) is 6.19 Å². The summed E-state index contributed by atoms with van der Waals surface area (Å²) in [6.45, 7) is 0. The minimum Gasteiger partial charge on any atom is -0.268 e. The van der Waals surface area contributed by atoms with Gasteiger partial charge in [0.1, 0.15) is 0 Å². The molecule has 0 atom stereocenters. The van der Waals surface area contributed by atoms with E-state index in [1.54, 1.807) is 18.3 Å². The van der Waals surface area contributed by atoms with Crippen LogP contribution in [0.3, 0.4) is 0 Å². The number of nitrogens with one attached hydrogen (secondary N) is 1. The minimum atomic E-state index is -0.461. The molecule has 0 saturated heterocycles. The predicted molar refractivity (Wildman–Crippen MR) is 52.2 cm³/mol. The van der Waals surface area contributed by atoms with Crippen molar-refractivity contribution in [3.05, 3.63) is 33.3 Å². The summed E-state index contributed by atoms with van der Waals surface area (Å²) in [7, 11) is 0. The summed E-state index contributed by atoms with van der Waals surface area (Å²) >= 11 is 8.94. The second kappa shape index (κ2) is 4.26. The van der Waals surface area contributed by atoms with Gasteiger partial charge < -0.3 is 0 Å². The molecule has 0 spiro atoms. The van der Waals surface area contributed by atoms with E-state index in [4.69, 9.17) is 16.9 Å². The number of halogens is 2. The number of carbonyl (C=O) groups excluding carboxylic acids is 1. The van der Waals surface area contributed by atoms with Gasteiger partial charge >= 0.3 is 0 Å². The average Bonchev–Trinajstić information content (AvgIpc) is 2.10. The van der Waals surface area contributed by atoms with E-state index < -0.39 is 5.91 Å². The molecule has 1 rings (SSSR count). The van der Waals surface area contributed by atoms with Crippen LogP contribution in [0.15, 0.2) is 22.7 Å². The quantitative estimate of drug-likeness (QED) is 0.621. The van der Waals surface area contributed by atoms with Gasteiger partial charge in [0.15, 0.2) is 6.19 Å². The molecule has 1 aromatic carbocycles. The average molecular weight is 259 g/mol. The van der Waals surface area contributed by atoms with E-state index in [1.807, 2.05) is 5.32 Å². The Morgan fingerprint density at radius 2 is 2.31 bits per heavy atom. The Hall–Kier alpha value is -1.05. The maximum Gasteiger partial charge on any atom is 0.264 e. The summed E-state index contributed by atoms with van der Waals surface area (Å²) in [6, 6.07) is 4.70. The zero-order valence-electron chi connectivity index (χ0n) is 6.34. The third kappa shape index (κ3) is 2.44. The molecule has 0 aliphatic carbocycles. The monoisotopic (exact) mass is 258 g/mol. The van der Waals surface area contributed by atoms with E-state index in [9.17, 15) is 4.79 Å². The number of amides is 1. The third-order valence-corrected chi connectivity index (χ3v) is 2.58. The van der Waals surface area contributed by atoms with Gasteiger partial charge in [-0.3, -0.25) is 10.1 Å². The number of hydrogen-bond acceptors (Lipinski definition) is 2. The van der Waals surface area contributed by atoms with Crippen molar-refractivity contribution in [2.75, 3.05) is 0 Å². The molecule has 0 aliphatic rings. The first kappa shape index (κ1) is 10.0. The van der Waals surface area contributed by atoms with Crippen LogP contribution >= 0.6 is 27.5 Å². The molecule has 1 N–H and O–H groups in total. The highest BCUT2D eigenvalue weighted by Crippen LogP contribution is 2.22. The SMILES string of the molecule is N#CNC(=O)c1ccc(Br)c(Cl)c1. The Morgan fingerprint density at radius 1 is 1.62 bits per heavy atom. The molecule has 0 aliphatic heterocycles. The van der Waals surface area contributed by atoms with Crippen molar-refractivity contribution in [1.29, 1.82) is 5.26 Å². The maximum absolute atomic E-state index is 11.1. The molecule has 66 valence electrons. The number of rotatable bonds is 1. The number of hydrogen-bond donors (Lipinski definition) is 1. The van der Waals surface area contributed by atoms with Crippen LogP contribution in [0.1, 0.15) is 10.4 Å². The van der Waals surface area contributed by atoms with E-state index in [2.05, 4.69) is 15.9 Å². The fourth-order valence-electron chi connectivity index (χ4n) is 0.760. The highest BCUT2D eigenvalue weighted by Gasteiger charge is 2.06. The van der Waals surface area contributed by atoms with Crippen LogP contribution in [0.5, 0.6) is 0 Å². The first-order valence-electron chi connectivity index (χ1n) is 3.29. The number of benzene rings is 1. The van der Waals surface area contributed by atoms with Crippen molar-refractivity contribution >= 4 is 33.4 Å².